The molecule has 0 unspecified atom stereocenters. The molecule has 3 heteroatoms. The van der Waals surface area contributed by atoms with Gasteiger partial charge in [-0.15, -0.1) is 0 Å². The van der Waals surface area contributed by atoms with Crippen LogP contribution in [0.4, 0.5) is 0 Å². The van der Waals surface area contributed by atoms with Crippen molar-refractivity contribution >= 4 is 5.97 Å². The third-order valence-electron chi connectivity index (χ3n) is 5.87. The minimum atomic E-state index is -0.663. The maximum absolute atomic E-state index is 11.1. The van der Waals surface area contributed by atoms with Gasteiger partial charge in [-0.1, -0.05) is 6.92 Å². The molecular formula is C13H21NO2. The molecule has 3 aliphatic carbocycles. The van der Waals surface area contributed by atoms with Crippen molar-refractivity contribution in [3.8, 4) is 0 Å². The Kier molecular flexibility index (Phi) is 1.99. The molecule has 0 saturated heterocycles. The van der Waals surface area contributed by atoms with E-state index in [9.17, 15) is 4.79 Å². The van der Waals surface area contributed by atoms with Gasteiger partial charge in [-0.25, -0.2) is 0 Å². The van der Waals surface area contributed by atoms with Crippen molar-refractivity contribution < 1.29 is 9.90 Å². The van der Waals surface area contributed by atoms with E-state index in [0.717, 1.165) is 5.92 Å². The monoisotopic (exact) mass is 223 g/mol. The molecule has 3 rings (SSSR count). The molecule has 2 bridgehead atoms. The van der Waals surface area contributed by atoms with Crippen molar-refractivity contribution in [1.82, 2.24) is 0 Å². The Hall–Kier alpha value is -0.570. The number of hydrogen-bond acceptors (Lipinski definition) is 2. The van der Waals surface area contributed by atoms with Gasteiger partial charge in [0, 0.05) is 0 Å². The maximum Gasteiger partial charge on any atom is 0.303 e. The van der Waals surface area contributed by atoms with E-state index in [1.807, 2.05) is 0 Å². The van der Waals surface area contributed by atoms with E-state index >= 15 is 0 Å². The van der Waals surface area contributed by atoms with Crippen LogP contribution in [-0.4, -0.2) is 17.6 Å². The van der Waals surface area contributed by atoms with Crippen molar-refractivity contribution in [2.24, 2.45) is 34.3 Å². The fraction of sp³-hybridized carbons (Fsp3) is 0.923. The molecule has 3 saturated carbocycles. The molecule has 16 heavy (non-hydrogen) atoms. The standard InChI is InChI=1S/C13H21NO2/c1-12-3-2-9-8(4-12)10(5-12)13(9,7-14)6-11(15)16/h8-10H,2-7,14H2,1H3,(H,15,16)/t8-,9+,10-,12-,13-/m0/s1. The van der Waals surface area contributed by atoms with Gasteiger partial charge in [0.2, 0.25) is 0 Å². The summed E-state index contributed by atoms with van der Waals surface area (Å²) in [6, 6.07) is 0. The summed E-state index contributed by atoms with van der Waals surface area (Å²) in [5, 5.41) is 9.10. The molecule has 0 amide bonds. The number of aliphatic carboxylic acids is 1. The van der Waals surface area contributed by atoms with Gasteiger partial charge < -0.3 is 10.8 Å². The number of fused-ring (bicyclic) bond motifs is 1. The second-order valence-electron chi connectivity index (χ2n) is 6.64. The topological polar surface area (TPSA) is 63.3 Å². The zero-order valence-electron chi connectivity index (χ0n) is 9.91. The average molecular weight is 223 g/mol. The zero-order chi connectivity index (χ0) is 11.6. The van der Waals surface area contributed by atoms with Crippen molar-refractivity contribution in [3.05, 3.63) is 0 Å². The third-order valence-corrected chi connectivity index (χ3v) is 5.87. The van der Waals surface area contributed by atoms with Crippen LogP contribution in [0.15, 0.2) is 0 Å². The van der Waals surface area contributed by atoms with Crippen LogP contribution in [-0.2, 0) is 4.79 Å². The van der Waals surface area contributed by atoms with E-state index in [4.69, 9.17) is 10.8 Å². The second kappa shape index (κ2) is 3.00. The predicted molar refractivity (Wildman–Crippen MR) is 60.8 cm³/mol. The summed E-state index contributed by atoms with van der Waals surface area (Å²) in [7, 11) is 0. The van der Waals surface area contributed by atoms with Gasteiger partial charge in [0.15, 0.2) is 0 Å². The Morgan fingerprint density at radius 2 is 2.19 bits per heavy atom. The number of carboxylic acids is 1. The molecule has 3 nitrogen and oxygen atoms in total. The van der Waals surface area contributed by atoms with Crippen LogP contribution >= 0.6 is 0 Å². The first-order valence-electron chi connectivity index (χ1n) is 6.43. The number of nitrogens with two attached hydrogens (primary N) is 1. The summed E-state index contributed by atoms with van der Waals surface area (Å²) in [4.78, 5) is 11.1. The second-order valence-corrected chi connectivity index (χ2v) is 6.64. The minimum Gasteiger partial charge on any atom is -0.481 e. The summed E-state index contributed by atoms with van der Waals surface area (Å²) in [5.74, 6) is 1.34. The maximum atomic E-state index is 11.1. The van der Waals surface area contributed by atoms with Crippen molar-refractivity contribution in [3.63, 3.8) is 0 Å². The van der Waals surface area contributed by atoms with Gasteiger partial charge in [0.1, 0.15) is 0 Å². The van der Waals surface area contributed by atoms with Crippen LogP contribution in [0, 0.1) is 28.6 Å². The normalized spacial score (nSPS) is 53.5. The number of rotatable bonds is 3. The lowest BCUT2D eigenvalue weighted by atomic mass is 9.45. The van der Waals surface area contributed by atoms with Gasteiger partial charge in [0.05, 0.1) is 6.42 Å². The van der Waals surface area contributed by atoms with Crippen molar-refractivity contribution in [2.75, 3.05) is 6.54 Å². The van der Waals surface area contributed by atoms with Gasteiger partial charge in [-0.2, -0.15) is 0 Å². The Balaban J connectivity index is 1.90. The van der Waals surface area contributed by atoms with Gasteiger partial charge in [-0.3, -0.25) is 4.79 Å². The zero-order valence-corrected chi connectivity index (χ0v) is 9.91. The third kappa shape index (κ3) is 1.10. The molecule has 0 radical (unpaired) electrons. The molecule has 90 valence electrons. The van der Waals surface area contributed by atoms with E-state index in [2.05, 4.69) is 6.92 Å². The summed E-state index contributed by atoms with van der Waals surface area (Å²) < 4.78 is 0. The van der Waals surface area contributed by atoms with Crippen LogP contribution < -0.4 is 5.73 Å². The minimum absolute atomic E-state index is 0.0508. The number of hydrogen-bond donors (Lipinski definition) is 2. The van der Waals surface area contributed by atoms with Crippen molar-refractivity contribution in [2.45, 2.75) is 39.0 Å². The summed E-state index contributed by atoms with van der Waals surface area (Å²) in [6.45, 7) is 2.95. The van der Waals surface area contributed by atoms with E-state index in [-0.39, 0.29) is 5.41 Å². The molecule has 3 N–H and O–H groups in total. The molecule has 5 atom stereocenters. The fourth-order valence-corrected chi connectivity index (χ4v) is 5.24. The first-order valence-corrected chi connectivity index (χ1v) is 6.43. The van der Waals surface area contributed by atoms with Crippen molar-refractivity contribution in [1.29, 1.82) is 0 Å². The van der Waals surface area contributed by atoms with Crippen LogP contribution in [0.1, 0.15) is 39.0 Å². The Labute approximate surface area is 96.4 Å². The van der Waals surface area contributed by atoms with Crippen LogP contribution in [0.2, 0.25) is 0 Å². The molecule has 3 aliphatic rings. The Bertz CT molecular complexity index is 343. The molecular weight excluding hydrogens is 202 g/mol. The molecule has 0 aromatic heterocycles. The van der Waals surface area contributed by atoms with E-state index < -0.39 is 5.97 Å². The summed E-state index contributed by atoms with van der Waals surface area (Å²) in [5.41, 5.74) is 6.39. The van der Waals surface area contributed by atoms with Gasteiger partial charge in [0.25, 0.3) is 0 Å². The molecule has 0 aromatic rings. The molecule has 0 spiro atoms. The first-order chi connectivity index (χ1) is 7.51. The number of carbonyl (C=O) groups is 1. The predicted octanol–water partition coefficient (Wildman–Crippen LogP) is 1.86. The van der Waals surface area contributed by atoms with Crippen LogP contribution in [0.3, 0.4) is 0 Å². The van der Waals surface area contributed by atoms with Gasteiger partial charge in [-0.05, 0) is 60.8 Å². The van der Waals surface area contributed by atoms with E-state index in [1.165, 1.54) is 25.7 Å². The first kappa shape index (κ1) is 10.6. The Morgan fingerprint density at radius 1 is 1.44 bits per heavy atom. The Morgan fingerprint density at radius 3 is 2.81 bits per heavy atom. The molecule has 0 aliphatic heterocycles. The van der Waals surface area contributed by atoms with E-state index in [1.54, 1.807) is 0 Å². The van der Waals surface area contributed by atoms with Gasteiger partial charge >= 0.3 is 5.97 Å². The summed E-state index contributed by atoms with van der Waals surface area (Å²) in [6.07, 6.45) is 5.34. The highest BCUT2D eigenvalue weighted by atomic mass is 16.4. The lowest BCUT2D eigenvalue weighted by Gasteiger charge is -2.59. The average Bonchev–Trinajstić information content (AvgIpc) is 2.37. The molecule has 3 fully saturated rings. The van der Waals surface area contributed by atoms with Crippen LogP contribution in [0.25, 0.3) is 0 Å². The quantitative estimate of drug-likeness (QED) is 0.767. The lowest BCUT2D eigenvalue weighted by molar-refractivity contribution is -0.156. The summed E-state index contributed by atoms with van der Waals surface area (Å²) >= 11 is 0. The fourth-order valence-electron chi connectivity index (χ4n) is 5.24. The highest BCUT2D eigenvalue weighted by Gasteiger charge is 2.68. The number of carboxylic acid groups (broad SMARTS) is 1. The smallest absolute Gasteiger partial charge is 0.303 e. The largest absolute Gasteiger partial charge is 0.481 e. The molecule has 0 heterocycles. The van der Waals surface area contributed by atoms with E-state index in [0.29, 0.717) is 30.2 Å². The highest BCUT2D eigenvalue weighted by Crippen LogP contribution is 2.73. The molecule has 0 aromatic carbocycles. The SMILES string of the molecule is C[C@]12CC[C@@H]3[C@H](C1)[C@H](C2)[C@]3(CN)CC(=O)O. The lowest BCUT2D eigenvalue weighted by Crippen LogP contribution is -2.59. The highest BCUT2D eigenvalue weighted by molar-refractivity contribution is 5.68. The van der Waals surface area contributed by atoms with Crippen LogP contribution in [0.5, 0.6) is 0 Å².